The van der Waals surface area contributed by atoms with Crippen LogP contribution in [0.4, 0.5) is 0 Å². The van der Waals surface area contributed by atoms with Gasteiger partial charge in [0.15, 0.2) is 0 Å². The highest BCUT2D eigenvalue weighted by molar-refractivity contribution is 7.98. The van der Waals surface area contributed by atoms with E-state index in [2.05, 4.69) is 40.0 Å². The predicted octanol–water partition coefficient (Wildman–Crippen LogP) is 2.47. The first-order chi connectivity index (χ1) is 14.6. The molecule has 8 heteroatoms. The van der Waals surface area contributed by atoms with E-state index in [0.717, 1.165) is 60.7 Å². The number of fused-ring (bicyclic) bond motifs is 1. The Labute approximate surface area is 181 Å². The first-order valence-electron chi connectivity index (χ1n) is 10.6. The molecule has 1 aromatic carbocycles. The van der Waals surface area contributed by atoms with Gasteiger partial charge >= 0.3 is 5.69 Å². The van der Waals surface area contributed by atoms with Crippen molar-refractivity contribution in [2.45, 2.75) is 32.1 Å². The summed E-state index contributed by atoms with van der Waals surface area (Å²) in [6.07, 6.45) is 3.81. The van der Waals surface area contributed by atoms with Gasteiger partial charge in [-0.05, 0) is 68.5 Å². The minimum Gasteiger partial charge on any atom is -0.342 e. The van der Waals surface area contributed by atoms with Crippen LogP contribution in [0.15, 0.2) is 41.3 Å². The highest BCUT2D eigenvalue weighted by Gasteiger charge is 2.09. The van der Waals surface area contributed by atoms with Gasteiger partial charge in [-0.25, -0.2) is 4.79 Å². The first-order valence-corrected chi connectivity index (χ1v) is 11.7. The van der Waals surface area contributed by atoms with Crippen molar-refractivity contribution in [3.05, 3.63) is 58.3 Å². The van der Waals surface area contributed by atoms with Crippen molar-refractivity contribution in [1.29, 1.82) is 0 Å². The summed E-state index contributed by atoms with van der Waals surface area (Å²) in [7, 11) is 0. The lowest BCUT2D eigenvalue weighted by molar-refractivity contribution is 0.262. The van der Waals surface area contributed by atoms with Crippen molar-refractivity contribution in [3.63, 3.8) is 0 Å². The molecule has 2 aromatic heterocycles. The molecule has 0 radical (unpaired) electrons. The molecule has 0 spiro atoms. The molecule has 30 heavy (non-hydrogen) atoms. The lowest BCUT2D eigenvalue weighted by Gasteiger charge is -2.22. The van der Waals surface area contributed by atoms with Crippen LogP contribution in [0, 0.1) is 0 Å². The summed E-state index contributed by atoms with van der Waals surface area (Å²) < 4.78 is 1.61. The molecule has 7 nitrogen and oxygen atoms in total. The standard InChI is InChI=1S/C22H32N6OS/c1-2-30-16-19-13-18-15-28(22(29)26-21(18)25-19)20-7-5-17(6-8-20)14-27(11-3-9-23)12-4-10-24/h5-8,13,15H,2-4,9-12,14,16,23-24H2,1H3,(H,25,26,29). The fourth-order valence-corrected chi connectivity index (χ4v) is 4.03. The summed E-state index contributed by atoms with van der Waals surface area (Å²) in [4.78, 5) is 22.4. The lowest BCUT2D eigenvalue weighted by Crippen LogP contribution is -2.28. The molecule has 5 N–H and O–H groups in total. The average molecular weight is 429 g/mol. The fraction of sp³-hybridized carbons (Fsp3) is 0.455. The van der Waals surface area contributed by atoms with Crippen molar-refractivity contribution < 1.29 is 0 Å². The number of hydrogen-bond acceptors (Lipinski definition) is 6. The summed E-state index contributed by atoms with van der Waals surface area (Å²) in [6, 6.07) is 10.2. The van der Waals surface area contributed by atoms with Crippen LogP contribution in [0.2, 0.25) is 0 Å². The maximum atomic E-state index is 12.6. The molecule has 0 fully saturated rings. The van der Waals surface area contributed by atoms with E-state index in [0.29, 0.717) is 18.7 Å². The molecule has 0 unspecified atom stereocenters. The van der Waals surface area contributed by atoms with E-state index in [9.17, 15) is 4.79 Å². The summed E-state index contributed by atoms with van der Waals surface area (Å²) >= 11 is 1.84. The van der Waals surface area contributed by atoms with Crippen LogP contribution in [0.3, 0.4) is 0 Å². The van der Waals surface area contributed by atoms with Gasteiger partial charge in [0.2, 0.25) is 0 Å². The van der Waals surface area contributed by atoms with Crippen LogP contribution < -0.4 is 17.2 Å². The number of H-pyrrole nitrogens is 1. The van der Waals surface area contributed by atoms with Crippen LogP contribution >= 0.6 is 11.8 Å². The number of thioether (sulfide) groups is 1. The normalized spacial score (nSPS) is 11.6. The Morgan fingerprint density at radius 2 is 1.83 bits per heavy atom. The van der Waals surface area contributed by atoms with Gasteiger partial charge in [-0.3, -0.25) is 9.47 Å². The zero-order valence-corrected chi connectivity index (χ0v) is 18.5. The smallest absolute Gasteiger partial charge is 0.342 e. The molecular weight excluding hydrogens is 396 g/mol. The van der Waals surface area contributed by atoms with E-state index in [-0.39, 0.29) is 5.69 Å². The van der Waals surface area contributed by atoms with Gasteiger partial charge in [0, 0.05) is 29.6 Å². The molecule has 0 aliphatic heterocycles. The second kappa shape index (κ2) is 11.3. The first kappa shape index (κ1) is 22.6. The molecule has 3 rings (SSSR count). The monoisotopic (exact) mass is 428 g/mol. The van der Waals surface area contributed by atoms with Gasteiger partial charge < -0.3 is 16.5 Å². The van der Waals surface area contributed by atoms with Crippen molar-refractivity contribution in [2.75, 3.05) is 31.9 Å². The summed E-state index contributed by atoms with van der Waals surface area (Å²) in [6.45, 7) is 6.29. The van der Waals surface area contributed by atoms with Gasteiger partial charge in [0.1, 0.15) is 5.65 Å². The molecule has 3 aromatic rings. The molecular formula is C22H32N6OS. The van der Waals surface area contributed by atoms with E-state index >= 15 is 0 Å². The molecule has 0 saturated heterocycles. The van der Waals surface area contributed by atoms with E-state index in [1.54, 1.807) is 4.57 Å². The van der Waals surface area contributed by atoms with Crippen molar-refractivity contribution in [2.24, 2.45) is 11.5 Å². The SMILES string of the molecule is CCSCc1cc2cn(-c3ccc(CN(CCCN)CCCN)cc3)c(=O)nc2[nH]1. The molecule has 0 atom stereocenters. The zero-order chi connectivity index (χ0) is 21.3. The highest BCUT2D eigenvalue weighted by Crippen LogP contribution is 2.18. The summed E-state index contributed by atoms with van der Waals surface area (Å²) in [5.41, 5.74) is 14.8. The van der Waals surface area contributed by atoms with Crippen LogP contribution in [0.5, 0.6) is 0 Å². The average Bonchev–Trinajstić information content (AvgIpc) is 3.15. The quantitative estimate of drug-likeness (QED) is 0.409. The van der Waals surface area contributed by atoms with E-state index < -0.39 is 0 Å². The van der Waals surface area contributed by atoms with Crippen molar-refractivity contribution in [3.8, 4) is 5.69 Å². The maximum Gasteiger partial charge on any atom is 0.354 e. The molecule has 0 saturated carbocycles. The minimum atomic E-state index is -0.278. The predicted molar refractivity (Wildman–Crippen MR) is 126 cm³/mol. The number of benzene rings is 1. The highest BCUT2D eigenvalue weighted by atomic mass is 32.2. The Morgan fingerprint density at radius 3 is 2.47 bits per heavy atom. The van der Waals surface area contributed by atoms with Gasteiger partial charge in [-0.1, -0.05) is 19.1 Å². The lowest BCUT2D eigenvalue weighted by atomic mass is 10.1. The Bertz CT molecular complexity index is 973. The fourth-order valence-electron chi connectivity index (χ4n) is 3.45. The number of nitrogens with one attached hydrogen (secondary N) is 1. The number of nitrogens with zero attached hydrogens (tertiary/aromatic N) is 3. The molecule has 0 aliphatic rings. The van der Waals surface area contributed by atoms with Crippen LogP contribution in [-0.4, -0.2) is 51.4 Å². The van der Waals surface area contributed by atoms with Gasteiger partial charge in [0.05, 0.1) is 5.69 Å². The van der Waals surface area contributed by atoms with Gasteiger partial charge in [0.25, 0.3) is 0 Å². The Hall–Kier alpha value is -2.13. The van der Waals surface area contributed by atoms with E-state index in [4.69, 9.17) is 11.5 Å². The van der Waals surface area contributed by atoms with Crippen molar-refractivity contribution in [1.82, 2.24) is 19.4 Å². The van der Waals surface area contributed by atoms with Crippen LogP contribution in [-0.2, 0) is 12.3 Å². The number of aromatic nitrogens is 3. The molecule has 0 bridgehead atoms. The molecule has 0 aliphatic carbocycles. The summed E-state index contributed by atoms with van der Waals surface area (Å²) in [5.74, 6) is 1.94. The van der Waals surface area contributed by atoms with E-state index in [1.165, 1.54) is 5.56 Å². The number of nitrogens with two attached hydrogens (primary N) is 2. The molecule has 2 heterocycles. The summed E-state index contributed by atoms with van der Waals surface area (Å²) in [5, 5.41) is 0.945. The minimum absolute atomic E-state index is 0.278. The Morgan fingerprint density at radius 1 is 1.13 bits per heavy atom. The third kappa shape index (κ3) is 5.95. The zero-order valence-electron chi connectivity index (χ0n) is 17.6. The molecule has 0 amide bonds. The molecule has 162 valence electrons. The second-order valence-corrected chi connectivity index (χ2v) is 8.63. The third-order valence-electron chi connectivity index (χ3n) is 5.00. The van der Waals surface area contributed by atoms with Gasteiger partial charge in [-0.15, -0.1) is 0 Å². The number of rotatable bonds is 12. The van der Waals surface area contributed by atoms with Gasteiger partial charge in [-0.2, -0.15) is 16.7 Å². The number of hydrogen-bond donors (Lipinski definition) is 3. The maximum absolute atomic E-state index is 12.6. The third-order valence-corrected chi connectivity index (χ3v) is 5.93. The number of aromatic amines is 1. The van der Waals surface area contributed by atoms with Crippen molar-refractivity contribution >= 4 is 22.8 Å². The van der Waals surface area contributed by atoms with E-state index in [1.807, 2.05) is 30.1 Å². The Balaban J connectivity index is 1.76. The Kier molecular flexibility index (Phi) is 8.50. The largest absolute Gasteiger partial charge is 0.354 e. The second-order valence-electron chi connectivity index (χ2n) is 7.36. The topological polar surface area (TPSA) is 106 Å². The van der Waals surface area contributed by atoms with Crippen LogP contribution in [0.1, 0.15) is 31.0 Å². The van der Waals surface area contributed by atoms with Crippen LogP contribution in [0.25, 0.3) is 16.7 Å².